The molecule has 1 aromatic rings. The number of carbonyl (C=O) groups is 2. The van der Waals surface area contributed by atoms with Crippen molar-refractivity contribution in [3.63, 3.8) is 0 Å². The van der Waals surface area contributed by atoms with Crippen LogP contribution in [0.2, 0.25) is 0 Å². The molecule has 0 unspecified atom stereocenters. The third-order valence-corrected chi connectivity index (χ3v) is 9.55. The van der Waals surface area contributed by atoms with E-state index in [0.29, 0.717) is 12.2 Å². The summed E-state index contributed by atoms with van der Waals surface area (Å²) in [6.07, 6.45) is 4.47. The maximum atomic E-state index is 13.3. The minimum absolute atomic E-state index is 0.137. The predicted molar refractivity (Wildman–Crippen MR) is 146 cm³/mol. The van der Waals surface area contributed by atoms with Crippen LogP contribution in [0.5, 0.6) is 0 Å². The van der Waals surface area contributed by atoms with Gasteiger partial charge in [0, 0.05) is 49.8 Å². The number of ether oxygens (including phenoxy) is 4. The second kappa shape index (κ2) is 10.6. The van der Waals surface area contributed by atoms with E-state index in [2.05, 4.69) is 24.8 Å². The average molecular weight is 556 g/mol. The Bertz CT molecular complexity index is 1230. The Labute approximate surface area is 235 Å². The van der Waals surface area contributed by atoms with Gasteiger partial charge in [-0.3, -0.25) is 9.36 Å². The summed E-state index contributed by atoms with van der Waals surface area (Å²) in [6, 6.07) is 3.17. The monoisotopic (exact) mass is 555 g/mol. The molecule has 2 fully saturated rings. The lowest BCUT2D eigenvalue weighted by Gasteiger charge is -2.49. The van der Waals surface area contributed by atoms with Gasteiger partial charge in [-0.1, -0.05) is 38.7 Å². The van der Waals surface area contributed by atoms with Gasteiger partial charge in [0.25, 0.3) is 0 Å². The zero-order chi connectivity index (χ0) is 29.1. The third-order valence-electron chi connectivity index (χ3n) is 9.55. The number of rotatable bonds is 4. The van der Waals surface area contributed by atoms with E-state index >= 15 is 0 Å². The van der Waals surface area contributed by atoms with E-state index in [1.165, 1.54) is 17.7 Å². The maximum Gasteiger partial charge on any atom is 0.355 e. The fraction of sp³-hybridized carbons (Fsp3) is 0.613. The number of aliphatic hydroxyl groups excluding tert-OH is 2. The molecule has 9 nitrogen and oxygen atoms in total. The molecule has 0 amide bonds. The third kappa shape index (κ3) is 4.38. The molecule has 218 valence electrons. The quantitative estimate of drug-likeness (QED) is 0.428. The number of hydrogen-bond acceptors (Lipinski definition) is 8. The van der Waals surface area contributed by atoms with Crippen molar-refractivity contribution in [2.24, 2.45) is 29.6 Å². The molecule has 40 heavy (non-hydrogen) atoms. The van der Waals surface area contributed by atoms with Gasteiger partial charge in [-0.05, 0) is 38.0 Å². The van der Waals surface area contributed by atoms with Crippen LogP contribution in [0.4, 0.5) is 0 Å². The lowest BCUT2D eigenvalue weighted by molar-refractivity contribution is -0.108. The van der Waals surface area contributed by atoms with Crippen LogP contribution < -0.4 is 0 Å². The van der Waals surface area contributed by atoms with Crippen LogP contribution in [0, 0.1) is 29.6 Å². The molecular weight excluding hydrogens is 514 g/mol. The van der Waals surface area contributed by atoms with Crippen molar-refractivity contribution in [2.75, 3.05) is 7.11 Å². The Morgan fingerprint density at radius 3 is 2.65 bits per heavy atom. The lowest BCUT2D eigenvalue weighted by Crippen LogP contribution is -2.57. The first kappa shape index (κ1) is 28.8. The second-order valence-corrected chi connectivity index (χ2v) is 11.9. The van der Waals surface area contributed by atoms with Gasteiger partial charge in [-0.25, -0.2) is 4.79 Å². The minimum atomic E-state index is -0.885. The topological polar surface area (TPSA) is 116 Å². The van der Waals surface area contributed by atoms with E-state index in [1.807, 2.05) is 20.8 Å². The van der Waals surface area contributed by atoms with Crippen molar-refractivity contribution in [1.29, 1.82) is 0 Å². The second-order valence-electron chi connectivity index (χ2n) is 11.9. The summed E-state index contributed by atoms with van der Waals surface area (Å²) in [4.78, 5) is 25.3. The van der Waals surface area contributed by atoms with Crippen molar-refractivity contribution in [1.82, 2.24) is 4.57 Å². The fourth-order valence-electron chi connectivity index (χ4n) is 7.62. The molecule has 1 aromatic heterocycles. The normalized spacial score (nSPS) is 42.7. The van der Waals surface area contributed by atoms with Crippen LogP contribution >= 0.6 is 0 Å². The van der Waals surface area contributed by atoms with Crippen molar-refractivity contribution in [3.8, 4) is 0 Å². The summed E-state index contributed by atoms with van der Waals surface area (Å²) in [5.74, 6) is -1.74. The molecule has 0 aromatic carbocycles. The number of methoxy groups -OCH3 is 1. The van der Waals surface area contributed by atoms with E-state index in [4.69, 9.17) is 18.9 Å². The molecule has 9 heteroatoms. The number of aromatic nitrogens is 1. The van der Waals surface area contributed by atoms with Crippen LogP contribution in [0.3, 0.4) is 0 Å². The number of esters is 1. The molecule has 4 aliphatic rings. The van der Waals surface area contributed by atoms with Crippen LogP contribution in [0.25, 0.3) is 0 Å². The largest absolute Gasteiger partial charge is 0.489 e. The molecule has 2 aliphatic heterocycles. The minimum Gasteiger partial charge on any atom is -0.489 e. The summed E-state index contributed by atoms with van der Waals surface area (Å²) in [6.45, 7) is 13.1. The Kier molecular flexibility index (Phi) is 7.63. The van der Waals surface area contributed by atoms with E-state index in [1.54, 1.807) is 26.2 Å². The molecule has 1 saturated carbocycles. The highest BCUT2D eigenvalue weighted by Crippen LogP contribution is 2.61. The van der Waals surface area contributed by atoms with Gasteiger partial charge in [0.2, 0.25) is 5.91 Å². The molecule has 4 bridgehead atoms. The first-order valence-corrected chi connectivity index (χ1v) is 14.1. The van der Waals surface area contributed by atoms with Crippen molar-refractivity contribution in [3.05, 3.63) is 60.2 Å². The Morgan fingerprint density at radius 1 is 1.27 bits per heavy atom. The van der Waals surface area contributed by atoms with Gasteiger partial charge in [0.15, 0.2) is 0 Å². The van der Waals surface area contributed by atoms with Gasteiger partial charge < -0.3 is 29.2 Å². The SMILES string of the molecule is C=C1O[C@H]([C@@H](C)O)[C@H](C)/C=C(\C)[C@]23O[C@@H]4[C@H](C=C[C@@H]2C[C@@H]1OC)[C@H]3[C@H](O)[C@@H](C)[C@H]4OC(=O)c1cccn1C(C)=O. The van der Waals surface area contributed by atoms with Gasteiger partial charge in [-0.15, -0.1) is 0 Å². The number of aliphatic hydroxyl groups is 2. The van der Waals surface area contributed by atoms with Crippen LogP contribution in [0.1, 0.15) is 56.3 Å². The van der Waals surface area contributed by atoms with Gasteiger partial charge in [0.05, 0.1) is 12.2 Å². The summed E-state index contributed by atoms with van der Waals surface area (Å²) >= 11 is 0. The summed E-state index contributed by atoms with van der Waals surface area (Å²) < 4.78 is 26.3. The first-order chi connectivity index (χ1) is 18.9. The summed E-state index contributed by atoms with van der Waals surface area (Å²) in [7, 11) is 1.60. The van der Waals surface area contributed by atoms with Crippen LogP contribution in [-0.4, -0.2) is 76.0 Å². The Morgan fingerprint density at radius 2 is 2.00 bits per heavy atom. The first-order valence-electron chi connectivity index (χ1n) is 14.1. The molecule has 5 rings (SSSR count). The molecule has 3 heterocycles. The number of hydrogen-bond donors (Lipinski definition) is 2. The van der Waals surface area contributed by atoms with Crippen LogP contribution in [0.15, 0.2) is 54.5 Å². The molecule has 0 radical (unpaired) electrons. The van der Waals surface area contributed by atoms with E-state index in [0.717, 1.165) is 5.57 Å². The Hall–Kier alpha value is -2.72. The zero-order valence-electron chi connectivity index (χ0n) is 24.0. The standard InChI is InChI=1S/C31H41NO8/c1-15-13-16(2)31-21(14-24(37-7)19(5)38-27(15)18(4)33)10-11-22-25(31)26(35)17(3)28(29(22)40-31)39-30(36)23-9-8-12-32(23)20(6)34/h8-13,15,17-18,21-22,24-29,33,35H,5,14H2,1-4,6-7H3/b16-13+/t15-,17-,18-,21-,22-,24+,25+,26-,27+,28-,29-,31+/m1/s1. The highest BCUT2D eigenvalue weighted by atomic mass is 16.6. The lowest BCUT2D eigenvalue weighted by atomic mass is 9.57. The van der Waals surface area contributed by atoms with Gasteiger partial charge in [0.1, 0.15) is 41.5 Å². The zero-order valence-corrected chi connectivity index (χ0v) is 24.0. The predicted octanol–water partition coefficient (Wildman–Crippen LogP) is 3.52. The molecular formula is C31H41NO8. The molecule has 12 atom stereocenters. The highest BCUT2D eigenvalue weighted by Gasteiger charge is 2.69. The van der Waals surface area contributed by atoms with Crippen molar-refractivity contribution >= 4 is 11.9 Å². The number of carbonyl (C=O) groups excluding carboxylic acids is 2. The summed E-state index contributed by atoms with van der Waals surface area (Å²) in [5.41, 5.74) is 0.190. The highest BCUT2D eigenvalue weighted by molar-refractivity contribution is 5.93. The average Bonchev–Trinajstić information content (AvgIpc) is 3.47. The summed E-state index contributed by atoms with van der Waals surface area (Å²) in [5, 5.41) is 22.4. The van der Waals surface area contributed by atoms with Gasteiger partial charge in [-0.2, -0.15) is 0 Å². The molecule has 2 N–H and O–H groups in total. The van der Waals surface area contributed by atoms with Crippen molar-refractivity contribution < 1.29 is 38.7 Å². The van der Waals surface area contributed by atoms with Crippen molar-refractivity contribution in [2.45, 2.75) is 83.3 Å². The Balaban J connectivity index is 1.56. The fourth-order valence-corrected chi connectivity index (χ4v) is 7.62. The van der Waals surface area contributed by atoms with E-state index < -0.39 is 54.1 Å². The van der Waals surface area contributed by atoms with Crippen LogP contribution in [-0.2, 0) is 18.9 Å². The van der Waals surface area contributed by atoms with E-state index in [-0.39, 0.29) is 35.3 Å². The van der Waals surface area contributed by atoms with Gasteiger partial charge >= 0.3 is 5.97 Å². The van der Waals surface area contributed by atoms with E-state index in [9.17, 15) is 19.8 Å². The maximum absolute atomic E-state index is 13.3. The molecule has 1 spiro atoms. The smallest absolute Gasteiger partial charge is 0.355 e. The molecule has 2 aliphatic carbocycles. The molecule has 1 saturated heterocycles. The number of nitrogens with zero attached hydrogens (tertiary/aromatic N) is 1.